The smallest absolute Gasteiger partial charge is 0.338 e. The third-order valence-corrected chi connectivity index (χ3v) is 3.73. The van der Waals surface area contributed by atoms with Crippen LogP contribution in [0.1, 0.15) is 36.7 Å². The van der Waals surface area contributed by atoms with Crippen LogP contribution in [0.25, 0.3) is 10.9 Å². The summed E-state index contributed by atoms with van der Waals surface area (Å²) in [5.41, 5.74) is 2.44. The molecule has 1 heterocycles. The van der Waals surface area contributed by atoms with Gasteiger partial charge in [0.1, 0.15) is 5.60 Å². The Kier molecular flexibility index (Phi) is 4.34. The predicted octanol–water partition coefficient (Wildman–Crippen LogP) is 4.13. The lowest BCUT2D eigenvalue weighted by molar-refractivity contribution is -0.662. The van der Waals surface area contributed by atoms with Gasteiger partial charge in [0.05, 0.1) is 5.56 Å². The van der Waals surface area contributed by atoms with Gasteiger partial charge in [-0.2, -0.15) is 4.57 Å². The normalized spacial score (nSPS) is 11.5. The molecule has 0 bridgehead atoms. The molecule has 3 aromatic rings. The quantitative estimate of drug-likeness (QED) is 0.536. The van der Waals surface area contributed by atoms with Crippen molar-refractivity contribution >= 4 is 16.9 Å². The average Bonchev–Trinajstić information content (AvgIpc) is 2.54. The van der Waals surface area contributed by atoms with Crippen LogP contribution in [0.3, 0.4) is 0 Å². The number of para-hydroxylation sites is 1. The third kappa shape index (κ3) is 3.80. The second-order valence-electron chi connectivity index (χ2n) is 6.89. The van der Waals surface area contributed by atoms with Gasteiger partial charge in [-0.25, -0.2) is 4.79 Å². The number of fused-ring (bicyclic) bond motifs is 1. The van der Waals surface area contributed by atoms with Gasteiger partial charge in [0.25, 0.3) is 0 Å². The molecule has 3 nitrogen and oxygen atoms in total. The maximum atomic E-state index is 12.1. The number of ether oxygens (including phenoxy) is 1. The molecule has 3 heteroatoms. The minimum atomic E-state index is -0.478. The zero-order valence-electron chi connectivity index (χ0n) is 14.3. The molecule has 0 amide bonds. The molecule has 1 aromatic heterocycles. The van der Waals surface area contributed by atoms with Crippen LogP contribution in [0.4, 0.5) is 0 Å². The summed E-state index contributed by atoms with van der Waals surface area (Å²) in [6.07, 6.45) is 2.07. The zero-order chi connectivity index (χ0) is 17.2. The molecule has 3 rings (SSSR count). The first kappa shape index (κ1) is 16.2. The van der Waals surface area contributed by atoms with Crippen LogP contribution < -0.4 is 4.57 Å². The van der Waals surface area contributed by atoms with Crippen LogP contribution >= 0.6 is 0 Å². The summed E-state index contributed by atoms with van der Waals surface area (Å²) in [4.78, 5) is 12.1. The lowest BCUT2D eigenvalue weighted by atomic mass is 10.1. The van der Waals surface area contributed by atoms with Crippen molar-refractivity contribution in [1.82, 2.24) is 0 Å². The second kappa shape index (κ2) is 6.44. The van der Waals surface area contributed by atoms with E-state index in [0.717, 1.165) is 12.1 Å². The van der Waals surface area contributed by atoms with E-state index in [2.05, 4.69) is 35.0 Å². The Bertz CT molecular complexity index is 856. The first-order chi connectivity index (χ1) is 11.4. The van der Waals surface area contributed by atoms with Gasteiger partial charge in [-0.3, -0.25) is 0 Å². The largest absolute Gasteiger partial charge is 0.456 e. The van der Waals surface area contributed by atoms with Crippen molar-refractivity contribution < 1.29 is 14.1 Å². The topological polar surface area (TPSA) is 30.2 Å². The first-order valence-electron chi connectivity index (χ1n) is 8.12. The molecule has 0 fully saturated rings. The van der Waals surface area contributed by atoms with Gasteiger partial charge < -0.3 is 4.74 Å². The molecule has 0 aliphatic heterocycles. The van der Waals surface area contributed by atoms with Gasteiger partial charge >= 0.3 is 5.97 Å². The predicted molar refractivity (Wildman–Crippen MR) is 94.9 cm³/mol. The summed E-state index contributed by atoms with van der Waals surface area (Å²) < 4.78 is 7.60. The number of rotatable bonds is 3. The van der Waals surface area contributed by atoms with Crippen LogP contribution in [0.2, 0.25) is 0 Å². The Hall–Kier alpha value is -2.68. The fraction of sp³-hybridized carbons (Fsp3) is 0.238. The fourth-order valence-electron chi connectivity index (χ4n) is 2.64. The Balaban J connectivity index is 1.80. The van der Waals surface area contributed by atoms with Crippen molar-refractivity contribution in [3.8, 4) is 0 Å². The van der Waals surface area contributed by atoms with Crippen LogP contribution in [0.15, 0.2) is 66.9 Å². The molecular formula is C21H22NO2+. The summed E-state index contributed by atoms with van der Waals surface area (Å²) in [5, 5.41) is 1.21. The molecule has 0 saturated heterocycles. The first-order valence-corrected chi connectivity index (χ1v) is 8.12. The Morgan fingerprint density at radius 1 is 0.958 bits per heavy atom. The SMILES string of the molecule is CC(C)(C)OC(=O)c1ccc(C[n+]2cccc3ccccc32)cc1. The summed E-state index contributed by atoms with van der Waals surface area (Å²) >= 11 is 0. The maximum absolute atomic E-state index is 12.1. The number of carbonyl (C=O) groups excluding carboxylic acids is 1. The number of hydrogen-bond donors (Lipinski definition) is 0. The number of esters is 1. The van der Waals surface area contributed by atoms with Crippen molar-refractivity contribution in [2.45, 2.75) is 32.9 Å². The van der Waals surface area contributed by atoms with E-state index in [4.69, 9.17) is 4.74 Å². The highest BCUT2D eigenvalue weighted by Crippen LogP contribution is 2.14. The van der Waals surface area contributed by atoms with E-state index >= 15 is 0 Å². The van der Waals surface area contributed by atoms with E-state index < -0.39 is 5.60 Å². The summed E-state index contributed by atoms with van der Waals surface area (Å²) in [5.74, 6) is -0.285. The molecule has 0 atom stereocenters. The molecule has 0 unspecified atom stereocenters. The third-order valence-electron chi connectivity index (χ3n) is 3.73. The summed E-state index contributed by atoms with van der Waals surface area (Å²) in [6.45, 7) is 6.37. The summed E-state index contributed by atoms with van der Waals surface area (Å²) in [6, 6.07) is 20.1. The van der Waals surface area contributed by atoms with E-state index in [0.29, 0.717) is 5.56 Å². The van der Waals surface area contributed by atoms with Gasteiger partial charge in [-0.05, 0) is 45.0 Å². The standard InChI is InChI=1S/C21H22NO2/c1-21(2,3)24-20(23)18-12-10-16(11-13-18)15-22-14-6-8-17-7-4-5-9-19(17)22/h4-14H,15H2,1-3H3/q+1. The van der Waals surface area contributed by atoms with Gasteiger partial charge in [0.2, 0.25) is 5.52 Å². The van der Waals surface area contributed by atoms with Crippen molar-refractivity contribution in [1.29, 1.82) is 0 Å². The Labute approximate surface area is 142 Å². The van der Waals surface area contributed by atoms with Gasteiger partial charge in [-0.15, -0.1) is 0 Å². The number of hydrogen-bond acceptors (Lipinski definition) is 2. The monoisotopic (exact) mass is 320 g/mol. The van der Waals surface area contributed by atoms with Gasteiger partial charge in [0.15, 0.2) is 12.7 Å². The highest BCUT2D eigenvalue weighted by Gasteiger charge is 2.18. The van der Waals surface area contributed by atoms with Crippen molar-refractivity contribution in [2.24, 2.45) is 0 Å². The van der Waals surface area contributed by atoms with Crippen LogP contribution in [-0.2, 0) is 11.3 Å². The second-order valence-corrected chi connectivity index (χ2v) is 6.89. The van der Waals surface area contributed by atoms with Crippen molar-refractivity contribution in [3.05, 3.63) is 78.0 Å². The number of aromatic nitrogens is 1. The van der Waals surface area contributed by atoms with E-state index in [1.54, 1.807) is 0 Å². The number of carbonyl (C=O) groups is 1. The van der Waals surface area contributed by atoms with Crippen molar-refractivity contribution in [3.63, 3.8) is 0 Å². The number of nitrogens with zero attached hydrogens (tertiary/aromatic N) is 1. The van der Waals surface area contributed by atoms with Crippen molar-refractivity contribution in [2.75, 3.05) is 0 Å². The van der Waals surface area contributed by atoms with E-state index in [1.165, 1.54) is 10.9 Å². The van der Waals surface area contributed by atoms with Crippen LogP contribution in [-0.4, -0.2) is 11.6 Å². The lowest BCUT2D eigenvalue weighted by Gasteiger charge is -2.19. The van der Waals surface area contributed by atoms with E-state index in [9.17, 15) is 4.79 Å². The highest BCUT2D eigenvalue weighted by molar-refractivity contribution is 5.89. The minimum absolute atomic E-state index is 0.285. The number of benzene rings is 2. The zero-order valence-corrected chi connectivity index (χ0v) is 14.3. The van der Waals surface area contributed by atoms with Gasteiger partial charge in [-0.1, -0.05) is 24.3 Å². The molecule has 0 N–H and O–H groups in total. The highest BCUT2D eigenvalue weighted by atomic mass is 16.6. The molecule has 2 aromatic carbocycles. The summed E-state index contributed by atoms with van der Waals surface area (Å²) in [7, 11) is 0. The Morgan fingerprint density at radius 3 is 2.33 bits per heavy atom. The van der Waals surface area contributed by atoms with Crippen LogP contribution in [0, 0.1) is 0 Å². The molecule has 122 valence electrons. The lowest BCUT2D eigenvalue weighted by Crippen LogP contribution is -2.34. The number of pyridine rings is 1. The fourth-order valence-corrected chi connectivity index (χ4v) is 2.64. The van der Waals surface area contributed by atoms with Crippen LogP contribution in [0.5, 0.6) is 0 Å². The molecule has 0 radical (unpaired) electrons. The maximum Gasteiger partial charge on any atom is 0.338 e. The Morgan fingerprint density at radius 2 is 1.62 bits per heavy atom. The molecular weight excluding hydrogens is 298 g/mol. The molecule has 0 aliphatic carbocycles. The molecule has 0 spiro atoms. The average molecular weight is 320 g/mol. The molecule has 0 aliphatic rings. The van der Waals surface area contributed by atoms with E-state index in [1.807, 2.05) is 57.2 Å². The molecule has 0 saturated carbocycles. The van der Waals surface area contributed by atoms with Gasteiger partial charge in [0, 0.05) is 23.1 Å². The van der Waals surface area contributed by atoms with E-state index in [-0.39, 0.29) is 5.97 Å². The molecule has 24 heavy (non-hydrogen) atoms. The minimum Gasteiger partial charge on any atom is -0.456 e.